The molecule has 1 N–H and O–H groups in total. The third-order valence-corrected chi connectivity index (χ3v) is 5.20. The number of hydrogen-bond acceptors (Lipinski definition) is 6. The van der Waals surface area contributed by atoms with Crippen LogP contribution in [0.1, 0.15) is 31.9 Å². The monoisotopic (exact) mass is 440 g/mol. The van der Waals surface area contributed by atoms with Crippen molar-refractivity contribution in [3.8, 4) is 17.2 Å². The van der Waals surface area contributed by atoms with Gasteiger partial charge in [0.15, 0.2) is 11.5 Å². The van der Waals surface area contributed by atoms with Gasteiger partial charge in [0.05, 0.1) is 31.1 Å². The van der Waals surface area contributed by atoms with Crippen LogP contribution in [-0.2, 0) is 10.0 Å². The number of benzene rings is 2. The van der Waals surface area contributed by atoms with Crippen LogP contribution < -0.4 is 19.0 Å². The lowest BCUT2D eigenvalue weighted by Crippen LogP contribution is -2.19. The molecule has 0 fully saturated rings. The first-order valence-electron chi connectivity index (χ1n) is 9.00. The minimum Gasteiger partial charge on any atom is -0.495 e. The molecule has 0 aromatic heterocycles. The van der Waals surface area contributed by atoms with Gasteiger partial charge in [-0.3, -0.25) is 0 Å². The molecule has 158 valence electrons. The quantitative estimate of drug-likeness (QED) is 0.467. The van der Waals surface area contributed by atoms with Crippen LogP contribution in [0.2, 0.25) is 5.02 Å². The first-order chi connectivity index (χ1) is 13.7. The topological polar surface area (TPSA) is 86.2 Å². The molecule has 0 radical (unpaired) electrons. The Bertz CT molecular complexity index is 991. The molecule has 0 saturated carbocycles. The predicted octanol–water partition coefficient (Wildman–Crippen LogP) is 4.16. The van der Waals surface area contributed by atoms with Gasteiger partial charge in [-0.15, -0.1) is 0 Å². The van der Waals surface area contributed by atoms with Crippen LogP contribution in [0.3, 0.4) is 0 Å². The maximum absolute atomic E-state index is 12.6. The van der Waals surface area contributed by atoms with E-state index in [1.165, 1.54) is 19.4 Å². The largest absolute Gasteiger partial charge is 0.495 e. The highest BCUT2D eigenvalue weighted by molar-refractivity contribution is 7.89. The maximum atomic E-state index is 12.6. The average molecular weight is 441 g/mol. The molecule has 7 nitrogen and oxygen atoms in total. The minimum atomic E-state index is -3.91. The number of nitrogens with zero attached hydrogens (tertiary/aromatic N) is 1. The van der Waals surface area contributed by atoms with Crippen LogP contribution in [-0.4, -0.2) is 34.5 Å². The van der Waals surface area contributed by atoms with Gasteiger partial charge >= 0.3 is 0 Å². The molecule has 2 aromatic rings. The normalized spacial score (nSPS) is 11.7. The smallest absolute Gasteiger partial charge is 0.280 e. The zero-order valence-electron chi connectivity index (χ0n) is 17.0. The van der Waals surface area contributed by atoms with E-state index in [-0.39, 0.29) is 16.7 Å². The van der Waals surface area contributed by atoms with E-state index < -0.39 is 10.0 Å². The van der Waals surface area contributed by atoms with Gasteiger partial charge in [-0.1, -0.05) is 17.7 Å². The summed E-state index contributed by atoms with van der Waals surface area (Å²) in [5, 5.41) is 4.20. The number of methoxy groups -OCH3 is 1. The molecule has 0 aliphatic rings. The summed E-state index contributed by atoms with van der Waals surface area (Å²) in [4.78, 5) is 2.20. The van der Waals surface area contributed by atoms with E-state index in [1.807, 2.05) is 20.8 Å². The number of sulfonamides is 1. The lowest BCUT2D eigenvalue weighted by molar-refractivity contribution is 0.224. The van der Waals surface area contributed by atoms with Crippen LogP contribution in [0.15, 0.2) is 40.3 Å². The number of ether oxygens (including phenoxy) is 3. The Morgan fingerprint density at radius 2 is 1.93 bits per heavy atom. The predicted molar refractivity (Wildman–Crippen MR) is 114 cm³/mol. The van der Waals surface area contributed by atoms with Crippen LogP contribution in [0.4, 0.5) is 0 Å². The Kier molecular flexibility index (Phi) is 7.75. The van der Waals surface area contributed by atoms with Crippen LogP contribution in [0, 0.1) is 6.92 Å². The third-order valence-electron chi connectivity index (χ3n) is 3.68. The van der Waals surface area contributed by atoms with Gasteiger partial charge in [0.25, 0.3) is 10.0 Å². The van der Waals surface area contributed by atoms with Crippen molar-refractivity contribution in [2.24, 2.45) is 5.10 Å². The standard InChI is InChI=1S/C20H25ClN2O5S/c1-6-27-18-11-15(10-16(21)20(18)28-13(2)3)12-22-23-29(24,25)19-9-14(4)7-8-17(19)26-5/h7-13,23H,6H2,1-5H3/b22-12+. The van der Waals surface area contributed by atoms with Crippen molar-refractivity contribution < 1.29 is 22.6 Å². The fourth-order valence-corrected chi connectivity index (χ4v) is 3.80. The van der Waals surface area contributed by atoms with Crippen molar-refractivity contribution in [3.63, 3.8) is 0 Å². The number of rotatable bonds is 9. The summed E-state index contributed by atoms with van der Waals surface area (Å²) in [5.41, 5.74) is 1.33. The minimum absolute atomic E-state index is 0.00543. The van der Waals surface area contributed by atoms with Gasteiger partial charge in [-0.2, -0.15) is 18.4 Å². The molecule has 2 aromatic carbocycles. The van der Waals surface area contributed by atoms with Crippen molar-refractivity contribution in [3.05, 3.63) is 46.5 Å². The Labute approximate surface area is 176 Å². The van der Waals surface area contributed by atoms with E-state index in [1.54, 1.807) is 31.2 Å². The molecular formula is C20H25ClN2O5S. The molecule has 0 bridgehead atoms. The van der Waals surface area contributed by atoms with Crippen LogP contribution in [0.5, 0.6) is 17.2 Å². The fraction of sp³-hybridized carbons (Fsp3) is 0.350. The lowest BCUT2D eigenvalue weighted by atomic mass is 10.2. The molecule has 2 rings (SSSR count). The van der Waals surface area contributed by atoms with Gasteiger partial charge < -0.3 is 14.2 Å². The molecular weight excluding hydrogens is 416 g/mol. The second kappa shape index (κ2) is 9.84. The first kappa shape index (κ1) is 22.8. The molecule has 0 spiro atoms. The number of nitrogens with one attached hydrogen (secondary N) is 1. The summed E-state index contributed by atoms with van der Waals surface area (Å²) in [6.45, 7) is 7.83. The van der Waals surface area contributed by atoms with Gasteiger partial charge in [0.1, 0.15) is 10.6 Å². The van der Waals surface area contributed by atoms with E-state index in [2.05, 4.69) is 9.93 Å². The van der Waals surface area contributed by atoms with Gasteiger partial charge in [0.2, 0.25) is 0 Å². The van der Waals surface area contributed by atoms with E-state index in [0.29, 0.717) is 28.7 Å². The zero-order valence-corrected chi connectivity index (χ0v) is 18.6. The van der Waals surface area contributed by atoms with Gasteiger partial charge in [-0.25, -0.2) is 0 Å². The summed E-state index contributed by atoms with van der Waals surface area (Å²) in [6, 6.07) is 8.16. The second-order valence-corrected chi connectivity index (χ2v) is 8.47. The summed E-state index contributed by atoms with van der Waals surface area (Å²) >= 11 is 6.31. The second-order valence-electron chi connectivity index (χ2n) is 6.44. The highest BCUT2D eigenvalue weighted by Crippen LogP contribution is 2.37. The molecule has 0 amide bonds. The summed E-state index contributed by atoms with van der Waals surface area (Å²) in [6.07, 6.45) is 1.26. The lowest BCUT2D eigenvalue weighted by Gasteiger charge is -2.16. The van der Waals surface area contributed by atoms with Crippen molar-refractivity contribution in [1.29, 1.82) is 0 Å². The molecule has 9 heteroatoms. The van der Waals surface area contributed by atoms with Gasteiger partial charge in [-0.05, 0) is 63.1 Å². The Morgan fingerprint density at radius 3 is 2.55 bits per heavy atom. The van der Waals surface area contributed by atoms with E-state index >= 15 is 0 Å². The molecule has 0 aliphatic carbocycles. The summed E-state index contributed by atoms with van der Waals surface area (Å²) < 4.78 is 41.6. The molecule has 0 saturated heterocycles. The molecule has 0 heterocycles. The van der Waals surface area contributed by atoms with Crippen molar-refractivity contribution in [2.45, 2.75) is 38.7 Å². The van der Waals surface area contributed by atoms with Crippen LogP contribution in [0.25, 0.3) is 0 Å². The average Bonchev–Trinajstić information content (AvgIpc) is 2.64. The first-order valence-corrected chi connectivity index (χ1v) is 10.9. The molecule has 0 atom stereocenters. The third kappa shape index (κ3) is 6.01. The zero-order chi connectivity index (χ0) is 21.6. The highest BCUT2D eigenvalue weighted by Gasteiger charge is 2.19. The highest BCUT2D eigenvalue weighted by atomic mass is 35.5. The number of hydrogen-bond donors (Lipinski definition) is 1. The van der Waals surface area contributed by atoms with E-state index in [4.69, 9.17) is 25.8 Å². The fourth-order valence-electron chi connectivity index (χ4n) is 2.49. The molecule has 0 unspecified atom stereocenters. The van der Waals surface area contributed by atoms with Gasteiger partial charge in [0, 0.05) is 0 Å². The number of hydrazone groups is 1. The van der Waals surface area contributed by atoms with Crippen molar-refractivity contribution in [2.75, 3.05) is 13.7 Å². The van der Waals surface area contributed by atoms with Crippen LogP contribution >= 0.6 is 11.6 Å². The maximum Gasteiger partial charge on any atom is 0.280 e. The Hall–Kier alpha value is -2.45. The Morgan fingerprint density at radius 1 is 1.21 bits per heavy atom. The van der Waals surface area contributed by atoms with E-state index in [0.717, 1.165) is 5.56 Å². The number of halogens is 1. The van der Waals surface area contributed by atoms with E-state index in [9.17, 15) is 8.42 Å². The summed E-state index contributed by atoms with van der Waals surface area (Å²) in [5.74, 6) is 1.12. The molecule has 0 aliphatic heterocycles. The number of aryl methyl sites for hydroxylation is 1. The Balaban J connectivity index is 2.29. The SMILES string of the molecule is CCOc1cc(/C=N/NS(=O)(=O)c2cc(C)ccc2OC)cc(Cl)c1OC(C)C. The summed E-state index contributed by atoms with van der Waals surface area (Å²) in [7, 11) is -2.50. The van der Waals surface area contributed by atoms with Crippen molar-refractivity contribution >= 4 is 27.8 Å². The van der Waals surface area contributed by atoms with Crippen molar-refractivity contribution in [1.82, 2.24) is 4.83 Å². The molecule has 29 heavy (non-hydrogen) atoms.